The molecule has 0 saturated heterocycles. The van der Waals surface area contributed by atoms with E-state index in [2.05, 4.69) is 4.98 Å². The van der Waals surface area contributed by atoms with Crippen LogP contribution in [0.4, 0.5) is 5.69 Å². The highest BCUT2D eigenvalue weighted by molar-refractivity contribution is 7.90. The molecule has 0 bridgehead atoms. The molecule has 0 aliphatic carbocycles. The Hall–Kier alpha value is -2.08. The second-order valence-corrected chi connectivity index (χ2v) is 5.79. The van der Waals surface area contributed by atoms with E-state index in [4.69, 9.17) is 10.5 Å². The first kappa shape index (κ1) is 12.4. The molecule has 94 valence electrons. The third-order valence-electron chi connectivity index (χ3n) is 2.21. The number of aromatic nitrogens is 1. The predicted octanol–water partition coefficient (Wildman–Crippen LogP) is 1.86. The van der Waals surface area contributed by atoms with Gasteiger partial charge >= 0.3 is 0 Å². The average Bonchev–Trinajstić information content (AvgIpc) is 2.28. The number of hydrogen-bond acceptors (Lipinski definition) is 5. The van der Waals surface area contributed by atoms with Crippen molar-refractivity contribution >= 4 is 15.5 Å². The first-order valence-electron chi connectivity index (χ1n) is 5.15. The summed E-state index contributed by atoms with van der Waals surface area (Å²) in [4.78, 5) is 4.17. The summed E-state index contributed by atoms with van der Waals surface area (Å²) in [5.41, 5.74) is 6.12. The van der Waals surface area contributed by atoms with Crippen LogP contribution in [-0.2, 0) is 9.84 Å². The lowest BCUT2D eigenvalue weighted by Crippen LogP contribution is -1.97. The Morgan fingerprint density at radius 1 is 1.22 bits per heavy atom. The molecule has 0 fully saturated rings. The van der Waals surface area contributed by atoms with Crippen LogP contribution >= 0.6 is 0 Å². The van der Waals surface area contributed by atoms with Crippen molar-refractivity contribution in [1.82, 2.24) is 4.98 Å². The quantitative estimate of drug-likeness (QED) is 0.915. The zero-order valence-electron chi connectivity index (χ0n) is 9.70. The fraction of sp³-hybridized carbons (Fsp3) is 0.0833. The molecule has 2 rings (SSSR count). The van der Waals surface area contributed by atoms with Gasteiger partial charge < -0.3 is 10.5 Å². The second-order valence-electron chi connectivity index (χ2n) is 3.78. The molecular formula is C12H12N2O3S. The van der Waals surface area contributed by atoms with Crippen LogP contribution in [0, 0.1) is 0 Å². The minimum absolute atomic E-state index is 0.198. The van der Waals surface area contributed by atoms with Crippen LogP contribution in [0.1, 0.15) is 0 Å². The molecule has 1 aromatic carbocycles. The summed E-state index contributed by atoms with van der Waals surface area (Å²) in [6, 6.07) is 9.42. The van der Waals surface area contributed by atoms with Crippen LogP contribution < -0.4 is 10.5 Å². The molecule has 1 heterocycles. The Balaban J connectivity index is 2.30. The minimum atomic E-state index is -3.25. The largest absolute Gasteiger partial charge is 0.439 e. The number of nitrogens with two attached hydrogens (primary N) is 1. The van der Waals surface area contributed by atoms with E-state index < -0.39 is 9.84 Å². The van der Waals surface area contributed by atoms with Gasteiger partial charge in [0, 0.05) is 24.2 Å². The van der Waals surface area contributed by atoms with Gasteiger partial charge in [0.25, 0.3) is 0 Å². The molecule has 0 spiro atoms. The minimum Gasteiger partial charge on any atom is -0.439 e. The Morgan fingerprint density at radius 2 is 2.00 bits per heavy atom. The number of pyridine rings is 1. The van der Waals surface area contributed by atoms with Gasteiger partial charge in [-0.05, 0) is 24.3 Å². The highest BCUT2D eigenvalue weighted by Crippen LogP contribution is 2.23. The SMILES string of the molecule is CS(=O)(=O)c1cccc(Oc2cc(N)ccn2)c1. The van der Waals surface area contributed by atoms with Gasteiger partial charge in [-0.3, -0.25) is 0 Å². The van der Waals surface area contributed by atoms with Gasteiger partial charge in [-0.25, -0.2) is 13.4 Å². The summed E-state index contributed by atoms with van der Waals surface area (Å²) in [6.45, 7) is 0. The van der Waals surface area contributed by atoms with Crippen molar-refractivity contribution in [2.45, 2.75) is 4.90 Å². The fourth-order valence-electron chi connectivity index (χ4n) is 1.37. The van der Waals surface area contributed by atoms with Gasteiger partial charge in [-0.15, -0.1) is 0 Å². The molecule has 0 atom stereocenters. The first-order chi connectivity index (χ1) is 8.45. The van der Waals surface area contributed by atoms with Crippen molar-refractivity contribution in [2.24, 2.45) is 0 Å². The van der Waals surface area contributed by atoms with E-state index in [-0.39, 0.29) is 4.90 Å². The predicted molar refractivity (Wildman–Crippen MR) is 68.3 cm³/mol. The van der Waals surface area contributed by atoms with Crippen LogP contribution in [0.2, 0.25) is 0 Å². The van der Waals surface area contributed by atoms with Crippen molar-refractivity contribution < 1.29 is 13.2 Å². The number of ether oxygens (including phenoxy) is 1. The molecule has 0 amide bonds. The van der Waals surface area contributed by atoms with Crippen molar-refractivity contribution in [3.05, 3.63) is 42.6 Å². The maximum absolute atomic E-state index is 11.4. The van der Waals surface area contributed by atoms with Crippen LogP contribution in [0.5, 0.6) is 11.6 Å². The number of hydrogen-bond donors (Lipinski definition) is 1. The van der Waals surface area contributed by atoms with Crippen molar-refractivity contribution in [1.29, 1.82) is 0 Å². The van der Waals surface area contributed by atoms with E-state index in [0.717, 1.165) is 6.26 Å². The van der Waals surface area contributed by atoms with Crippen molar-refractivity contribution in [3.8, 4) is 11.6 Å². The van der Waals surface area contributed by atoms with Gasteiger partial charge in [0.1, 0.15) is 5.75 Å². The van der Waals surface area contributed by atoms with Crippen LogP contribution in [0.25, 0.3) is 0 Å². The third-order valence-corrected chi connectivity index (χ3v) is 3.33. The van der Waals surface area contributed by atoms with Crippen LogP contribution in [0.15, 0.2) is 47.5 Å². The molecule has 2 N–H and O–H groups in total. The maximum atomic E-state index is 11.4. The summed E-state index contributed by atoms with van der Waals surface area (Å²) < 4.78 is 28.2. The van der Waals surface area contributed by atoms with Crippen LogP contribution in [-0.4, -0.2) is 19.7 Å². The Kier molecular flexibility index (Phi) is 3.20. The number of anilines is 1. The third kappa shape index (κ3) is 2.98. The highest BCUT2D eigenvalue weighted by Gasteiger charge is 2.08. The molecule has 18 heavy (non-hydrogen) atoms. The van der Waals surface area contributed by atoms with E-state index in [1.807, 2.05) is 0 Å². The lowest BCUT2D eigenvalue weighted by Gasteiger charge is -2.06. The van der Waals surface area contributed by atoms with E-state index in [0.29, 0.717) is 17.3 Å². The molecule has 2 aromatic rings. The molecule has 0 saturated carbocycles. The van der Waals surface area contributed by atoms with Gasteiger partial charge in [-0.2, -0.15) is 0 Å². The summed E-state index contributed by atoms with van der Waals surface area (Å²) in [7, 11) is -3.25. The fourth-order valence-corrected chi connectivity index (χ4v) is 2.03. The summed E-state index contributed by atoms with van der Waals surface area (Å²) in [5, 5.41) is 0. The van der Waals surface area contributed by atoms with Gasteiger partial charge in [-0.1, -0.05) is 6.07 Å². The zero-order chi connectivity index (χ0) is 13.2. The molecule has 6 heteroatoms. The van der Waals surface area contributed by atoms with E-state index in [1.54, 1.807) is 24.3 Å². The molecule has 0 radical (unpaired) electrons. The molecular weight excluding hydrogens is 252 g/mol. The molecule has 0 aliphatic rings. The first-order valence-corrected chi connectivity index (χ1v) is 7.04. The highest BCUT2D eigenvalue weighted by atomic mass is 32.2. The second kappa shape index (κ2) is 4.66. The normalized spacial score (nSPS) is 11.2. The van der Waals surface area contributed by atoms with Crippen molar-refractivity contribution in [3.63, 3.8) is 0 Å². The summed E-state index contributed by atoms with van der Waals surface area (Å²) in [6.07, 6.45) is 2.66. The number of nitrogens with zero attached hydrogens (tertiary/aromatic N) is 1. The zero-order valence-corrected chi connectivity index (χ0v) is 10.5. The molecule has 5 nitrogen and oxygen atoms in total. The Bertz CT molecular complexity index is 669. The smallest absolute Gasteiger partial charge is 0.221 e. The monoisotopic (exact) mass is 264 g/mol. The standard InChI is InChI=1S/C12H12N2O3S/c1-18(15,16)11-4-2-3-10(8-11)17-12-7-9(13)5-6-14-12/h2-8H,1H3,(H2,13,14). The molecule has 0 aliphatic heterocycles. The van der Waals surface area contributed by atoms with Gasteiger partial charge in [0.15, 0.2) is 9.84 Å². The van der Waals surface area contributed by atoms with E-state index >= 15 is 0 Å². The van der Waals surface area contributed by atoms with Gasteiger partial charge in [0.05, 0.1) is 4.90 Å². The number of benzene rings is 1. The van der Waals surface area contributed by atoms with E-state index in [1.165, 1.54) is 18.3 Å². The number of nitrogen functional groups attached to an aromatic ring is 1. The van der Waals surface area contributed by atoms with E-state index in [9.17, 15) is 8.42 Å². The van der Waals surface area contributed by atoms with Crippen LogP contribution in [0.3, 0.4) is 0 Å². The number of sulfone groups is 1. The van der Waals surface area contributed by atoms with Crippen molar-refractivity contribution in [2.75, 3.05) is 12.0 Å². The lowest BCUT2D eigenvalue weighted by molar-refractivity contribution is 0.461. The lowest BCUT2D eigenvalue weighted by atomic mass is 10.3. The summed E-state index contributed by atoms with van der Waals surface area (Å²) >= 11 is 0. The molecule has 0 unspecified atom stereocenters. The van der Waals surface area contributed by atoms with Gasteiger partial charge in [0.2, 0.25) is 5.88 Å². The Morgan fingerprint density at radius 3 is 2.67 bits per heavy atom. The summed E-state index contributed by atoms with van der Waals surface area (Å²) in [5.74, 6) is 0.719. The molecule has 1 aromatic heterocycles. The Labute approximate surface area is 105 Å². The maximum Gasteiger partial charge on any atom is 0.221 e. The average molecular weight is 264 g/mol. The topological polar surface area (TPSA) is 82.3 Å². The number of rotatable bonds is 3.